The van der Waals surface area contributed by atoms with E-state index in [0.717, 1.165) is 36.6 Å². The Labute approximate surface area is 144 Å². The first-order valence-corrected chi connectivity index (χ1v) is 9.14. The summed E-state index contributed by atoms with van der Waals surface area (Å²) >= 11 is 0. The Hall–Kier alpha value is -1.43. The van der Waals surface area contributed by atoms with Gasteiger partial charge in [0, 0.05) is 26.7 Å². The molecule has 0 saturated carbocycles. The van der Waals surface area contributed by atoms with Gasteiger partial charge in [-0.15, -0.1) is 0 Å². The van der Waals surface area contributed by atoms with Gasteiger partial charge in [-0.1, -0.05) is 12.1 Å². The van der Waals surface area contributed by atoms with Gasteiger partial charge in [0.05, 0.1) is 24.2 Å². The molecule has 0 amide bonds. The van der Waals surface area contributed by atoms with Crippen LogP contribution in [-0.4, -0.2) is 66.2 Å². The molecule has 24 heavy (non-hydrogen) atoms. The summed E-state index contributed by atoms with van der Waals surface area (Å²) in [6.07, 6.45) is 4.01. The molecule has 2 fully saturated rings. The minimum absolute atomic E-state index is 0.484. The van der Waals surface area contributed by atoms with E-state index in [9.17, 15) is 0 Å². The van der Waals surface area contributed by atoms with E-state index < -0.39 is 0 Å². The number of para-hydroxylation sites is 2. The Kier molecular flexibility index (Phi) is 4.57. The van der Waals surface area contributed by atoms with Gasteiger partial charge in [-0.2, -0.15) is 0 Å². The molecule has 0 radical (unpaired) electrons. The zero-order chi connectivity index (χ0) is 16.4. The third-order valence-corrected chi connectivity index (χ3v) is 5.68. The highest BCUT2D eigenvalue weighted by Gasteiger charge is 2.41. The summed E-state index contributed by atoms with van der Waals surface area (Å²) in [5.41, 5.74) is 2.70. The van der Waals surface area contributed by atoms with Gasteiger partial charge in [-0.25, -0.2) is 4.98 Å². The quantitative estimate of drug-likeness (QED) is 0.916. The molecule has 2 aliphatic heterocycles. The first-order chi connectivity index (χ1) is 11.8. The van der Waals surface area contributed by atoms with Gasteiger partial charge in [0.2, 0.25) is 0 Å². The van der Waals surface area contributed by atoms with Crippen LogP contribution in [0.1, 0.15) is 25.1 Å². The van der Waals surface area contributed by atoms with Crippen molar-refractivity contribution in [3.05, 3.63) is 30.1 Å². The molecule has 0 unspecified atom stereocenters. The lowest BCUT2D eigenvalue weighted by molar-refractivity contribution is 0.0672. The number of aromatic nitrogens is 2. The molecule has 130 valence electrons. The number of hydrogen-bond acceptors (Lipinski definition) is 4. The third-order valence-electron chi connectivity index (χ3n) is 5.68. The minimum Gasteiger partial charge on any atom is -0.383 e. The van der Waals surface area contributed by atoms with E-state index in [1.54, 1.807) is 7.11 Å². The molecule has 1 aromatic heterocycles. The largest absolute Gasteiger partial charge is 0.383 e. The lowest BCUT2D eigenvalue weighted by Gasteiger charge is -2.40. The SMILES string of the molecule is COCCN1CCC[C@]2(CCN(Cc3nc4ccccc4[nH]3)C2)C1. The van der Waals surface area contributed by atoms with Gasteiger partial charge in [0.1, 0.15) is 5.82 Å². The Morgan fingerprint density at radius 1 is 1.17 bits per heavy atom. The number of aromatic amines is 1. The van der Waals surface area contributed by atoms with Crippen LogP contribution in [0.4, 0.5) is 0 Å². The van der Waals surface area contributed by atoms with E-state index in [2.05, 4.69) is 39.0 Å². The second-order valence-corrected chi connectivity index (χ2v) is 7.53. The van der Waals surface area contributed by atoms with Crippen molar-refractivity contribution in [2.24, 2.45) is 5.41 Å². The molecule has 2 saturated heterocycles. The third kappa shape index (κ3) is 3.34. The van der Waals surface area contributed by atoms with Crippen LogP contribution in [0.2, 0.25) is 0 Å². The summed E-state index contributed by atoms with van der Waals surface area (Å²) in [5.74, 6) is 1.10. The van der Waals surface area contributed by atoms with Gasteiger partial charge in [-0.3, -0.25) is 4.90 Å². The summed E-state index contributed by atoms with van der Waals surface area (Å²) in [7, 11) is 1.80. The number of hydrogen-bond donors (Lipinski definition) is 1. The van der Waals surface area contributed by atoms with Crippen molar-refractivity contribution in [3.8, 4) is 0 Å². The van der Waals surface area contributed by atoms with Crippen molar-refractivity contribution in [3.63, 3.8) is 0 Å². The smallest absolute Gasteiger partial charge is 0.121 e. The number of rotatable bonds is 5. The maximum atomic E-state index is 5.26. The molecule has 2 aromatic rings. The highest BCUT2D eigenvalue weighted by atomic mass is 16.5. The van der Waals surface area contributed by atoms with Gasteiger partial charge in [0.15, 0.2) is 0 Å². The van der Waals surface area contributed by atoms with Crippen molar-refractivity contribution < 1.29 is 4.74 Å². The van der Waals surface area contributed by atoms with Crippen molar-refractivity contribution >= 4 is 11.0 Å². The maximum absolute atomic E-state index is 5.26. The molecule has 1 atom stereocenters. The van der Waals surface area contributed by atoms with Crippen LogP contribution in [0.15, 0.2) is 24.3 Å². The number of benzene rings is 1. The number of ether oxygens (including phenoxy) is 1. The molecular formula is C19H28N4O. The fourth-order valence-electron chi connectivity index (χ4n) is 4.51. The minimum atomic E-state index is 0.484. The number of fused-ring (bicyclic) bond motifs is 1. The molecule has 1 spiro atoms. The van der Waals surface area contributed by atoms with Crippen LogP contribution < -0.4 is 0 Å². The van der Waals surface area contributed by atoms with Gasteiger partial charge in [0.25, 0.3) is 0 Å². The van der Waals surface area contributed by atoms with Gasteiger partial charge in [-0.05, 0) is 49.9 Å². The summed E-state index contributed by atoms with van der Waals surface area (Å²) < 4.78 is 5.26. The normalized spacial score (nSPS) is 25.9. The second-order valence-electron chi connectivity index (χ2n) is 7.53. The Bertz CT molecular complexity index is 652. The second kappa shape index (κ2) is 6.82. The van der Waals surface area contributed by atoms with Crippen molar-refractivity contribution in [1.29, 1.82) is 0 Å². The first kappa shape index (κ1) is 16.1. The summed E-state index contributed by atoms with van der Waals surface area (Å²) in [5, 5.41) is 0. The predicted octanol–water partition coefficient (Wildman–Crippen LogP) is 2.50. The number of nitrogens with zero attached hydrogens (tertiary/aromatic N) is 3. The van der Waals surface area contributed by atoms with E-state index in [0.29, 0.717) is 5.41 Å². The fraction of sp³-hybridized carbons (Fsp3) is 0.632. The number of methoxy groups -OCH3 is 1. The van der Waals surface area contributed by atoms with E-state index in [4.69, 9.17) is 9.72 Å². The molecule has 1 N–H and O–H groups in total. The standard InChI is InChI=1S/C19H28N4O/c1-24-12-11-22-9-4-7-19(14-22)8-10-23(15-19)13-18-20-16-5-2-3-6-17(16)21-18/h2-3,5-6H,4,7-15H2,1H3,(H,20,21)/t19-/m0/s1. The average molecular weight is 328 g/mol. The van der Waals surface area contributed by atoms with Crippen LogP contribution in [0.3, 0.4) is 0 Å². The number of H-pyrrole nitrogens is 1. The Morgan fingerprint density at radius 3 is 2.92 bits per heavy atom. The topological polar surface area (TPSA) is 44.4 Å². The molecular weight excluding hydrogens is 300 g/mol. The monoisotopic (exact) mass is 328 g/mol. The van der Waals surface area contributed by atoms with E-state index in [-0.39, 0.29) is 0 Å². The lowest BCUT2D eigenvalue weighted by atomic mass is 9.79. The summed E-state index contributed by atoms with van der Waals surface area (Å²) in [6, 6.07) is 8.29. The number of piperidine rings is 1. The van der Waals surface area contributed by atoms with Crippen molar-refractivity contribution in [1.82, 2.24) is 19.8 Å². The lowest BCUT2D eigenvalue weighted by Crippen LogP contribution is -2.45. The van der Waals surface area contributed by atoms with Crippen LogP contribution >= 0.6 is 0 Å². The average Bonchev–Trinajstić information content (AvgIpc) is 3.17. The molecule has 3 heterocycles. The summed E-state index contributed by atoms with van der Waals surface area (Å²) in [4.78, 5) is 13.4. The maximum Gasteiger partial charge on any atom is 0.121 e. The van der Waals surface area contributed by atoms with E-state index in [1.807, 2.05) is 0 Å². The summed E-state index contributed by atoms with van der Waals surface area (Å²) in [6.45, 7) is 7.71. The zero-order valence-corrected chi connectivity index (χ0v) is 14.6. The van der Waals surface area contributed by atoms with Gasteiger partial charge < -0.3 is 14.6 Å². The van der Waals surface area contributed by atoms with Crippen LogP contribution in [0.5, 0.6) is 0 Å². The van der Waals surface area contributed by atoms with E-state index in [1.165, 1.54) is 45.4 Å². The molecule has 4 rings (SSSR count). The number of nitrogens with one attached hydrogen (secondary N) is 1. The highest BCUT2D eigenvalue weighted by molar-refractivity contribution is 5.74. The van der Waals surface area contributed by atoms with E-state index >= 15 is 0 Å². The van der Waals surface area contributed by atoms with Crippen molar-refractivity contribution in [2.45, 2.75) is 25.8 Å². The highest BCUT2D eigenvalue weighted by Crippen LogP contribution is 2.39. The van der Waals surface area contributed by atoms with Crippen LogP contribution in [-0.2, 0) is 11.3 Å². The molecule has 2 aliphatic rings. The molecule has 1 aromatic carbocycles. The number of likely N-dealkylation sites (tertiary alicyclic amines) is 2. The first-order valence-electron chi connectivity index (χ1n) is 9.14. The zero-order valence-electron chi connectivity index (χ0n) is 14.6. The fourth-order valence-corrected chi connectivity index (χ4v) is 4.51. The Morgan fingerprint density at radius 2 is 2.04 bits per heavy atom. The van der Waals surface area contributed by atoms with Crippen LogP contribution in [0, 0.1) is 5.41 Å². The molecule has 0 aliphatic carbocycles. The Balaban J connectivity index is 1.38. The van der Waals surface area contributed by atoms with Crippen LogP contribution in [0.25, 0.3) is 11.0 Å². The molecule has 5 nitrogen and oxygen atoms in total. The molecule has 0 bridgehead atoms. The van der Waals surface area contributed by atoms with Crippen molar-refractivity contribution in [2.75, 3.05) is 46.4 Å². The molecule has 5 heteroatoms. The van der Waals surface area contributed by atoms with Gasteiger partial charge >= 0.3 is 0 Å². The predicted molar refractivity (Wildman–Crippen MR) is 96.0 cm³/mol. The number of imidazole rings is 1.